The zero-order valence-corrected chi connectivity index (χ0v) is 17.1. The molecule has 0 bridgehead atoms. The second-order valence-corrected chi connectivity index (χ2v) is 8.03. The topological polar surface area (TPSA) is 94.0 Å². The molecular formula is C21H20N4O3S. The molecule has 7 nitrogen and oxygen atoms in total. The smallest absolute Gasteiger partial charge is 0.336 e. The average Bonchev–Trinajstić information content (AvgIpc) is 3.18. The molecule has 0 fully saturated rings. The van der Waals surface area contributed by atoms with E-state index >= 15 is 0 Å². The number of tetrazole rings is 1. The highest BCUT2D eigenvalue weighted by molar-refractivity contribution is 7.98. The molecule has 1 N–H and O–H groups in total. The van der Waals surface area contributed by atoms with E-state index in [1.54, 1.807) is 23.7 Å². The Bertz CT molecular complexity index is 1230. The third-order valence-electron chi connectivity index (χ3n) is 4.82. The molecule has 29 heavy (non-hydrogen) atoms. The van der Waals surface area contributed by atoms with E-state index in [-0.39, 0.29) is 5.75 Å². The Morgan fingerprint density at radius 2 is 1.93 bits per heavy atom. The van der Waals surface area contributed by atoms with Crippen molar-refractivity contribution in [1.82, 2.24) is 20.2 Å². The maximum absolute atomic E-state index is 12.0. The SMILES string of the molecule is Cc1c(O)ccc2c(CSc3nnnn3-c3ccc(C(C)C)cc3)cc(=O)oc12. The molecular weight excluding hydrogens is 388 g/mol. The van der Waals surface area contributed by atoms with Gasteiger partial charge in [0.2, 0.25) is 5.16 Å². The first-order valence-corrected chi connectivity index (χ1v) is 10.2. The molecule has 0 saturated carbocycles. The lowest BCUT2D eigenvalue weighted by Gasteiger charge is -2.09. The van der Waals surface area contributed by atoms with Crippen LogP contribution in [0.1, 0.15) is 36.5 Å². The third-order valence-corrected chi connectivity index (χ3v) is 5.79. The van der Waals surface area contributed by atoms with Crippen LogP contribution in [0, 0.1) is 6.92 Å². The van der Waals surface area contributed by atoms with E-state index in [2.05, 4.69) is 41.5 Å². The number of phenolic OH excluding ortho intramolecular Hbond substituents is 1. The summed E-state index contributed by atoms with van der Waals surface area (Å²) in [5.41, 5.74) is 3.41. The van der Waals surface area contributed by atoms with Gasteiger partial charge in [0.15, 0.2) is 0 Å². The molecule has 0 saturated heterocycles. The van der Waals surface area contributed by atoms with E-state index < -0.39 is 5.63 Å². The second-order valence-electron chi connectivity index (χ2n) is 7.09. The molecule has 0 amide bonds. The van der Waals surface area contributed by atoms with Crippen LogP contribution in [-0.4, -0.2) is 25.3 Å². The van der Waals surface area contributed by atoms with E-state index in [0.717, 1.165) is 16.6 Å². The van der Waals surface area contributed by atoms with E-state index in [0.29, 0.717) is 28.0 Å². The average molecular weight is 408 g/mol. The monoisotopic (exact) mass is 408 g/mol. The number of aryl methyl sites for hydroxylation is 1. The molecule has 0 aliphatic carbocycles. The lowest BCUT2D eigenvalue weighted by atomic mass is 10.0. The number of nitrogens with zero attached hydrogens (tertiary/aromatic N) is 4. The minimum Gasteiger partial charge on any atom is -0.508 e. The molecule has 0 atom stereocenters. The van der Waals surface area contributed by atoms with E-state index in [1.165, 1.54) is 23.4 Å². The van der Waals surface area contributed by atoms with Crippen molar-refractivity contribution in [3.63, 3.8) is 0 Å². The molecule has 4 rings (SSSR count). The summed E-state index contributed by atoms with van der Waals surface area (Å²) in [7, 11) is 0. The van der Waals surface area contributed by atoms with Gasteiger partial charge >= 0.3 is 5.63 Å². The Balaban J connectivity index is 1.64. The molecule has 0 radical (unpaired) electrons. The van der Waals surface area contributed by atoms with Crippen LogP contribution in [0.4, 0.5) is 0 Å². The van der Waals surface area contributed by atoms with Gasteiger partial charge in [-0.25, -0.2) is 4.79 Å². The summed E-state index contributed by atoms with van der Waals surface area (Å²) in [6.07, 6.45) is 0. The predicted molar refractivity (Wildman–Crippen MR) is 112 cm³/mol. The van der Waals surface area contributed by atoms with Crippen LogP contribution in [0.3, 0.4) is 0 Å². The highest BCUT2D eigenvalue weighted by Crippen LogP contribution is 2.31. The zero-order valence-electron chi connectivity index (χ0n) is 16.3. The van der Waals surface area contributed by atoms with Crippen molar-refractivity contribution in [1.29, 1.82) is 0 Å². The van der Waals surface area contributed by atoms with Gasteiger partial charge in [-0.3, -0.25) is 0 Å². The van der Waals surface area contributed by atoms with Gasteiger partial charge in [0.1, 0.15) is 11.3 Å². The number of thioether (sulfide) groups is 1. The Labute approximate surface area is 171 Å². The maximum atomic E-state index is 12.0. The van der Waals surface area contributed by atoms with Crippen molar-refractivity contribution < 1.29 is 9.52 Å². The van der Waals surface area contributed by atoms with Crippen LogP contribution >= 0.6 is 11.8 Å². The molecule has 148 valence electrons. The first-order chi connectivity index (χ1) is 13.9. The van der Waals surface area contributed by atoms with Gasteiger partial charge in [0.05, 0.1) is 5.69 Å². The molecule has 2 aromatic heterocycles. The van der Waals surface area contributed by atoms with Crippen LogP contribution in [0.2, 0.25) is 0 Å². The number of hydrogen-bond acceptors (Lipinski definition) is 7. The molecule has 2 heterocycles. The summed E-state index contributed by atoms with van der Waals surface area (Å²) < 4.78 is 6.98. The fourth-order valence-corrected chi connectivity index (χ4v) is 3.99. The number of phenols is 1. The molecule has 0 unspecified atom stereocenters. The van der Waals surface area contributed by atoms with Gasteiger partial charge in [-0.1, -0.05) is 37.7 Å². The van der Waals surface area contributed by atoms with Crippen molar-refractivity contribution in [3.05, 3.63) is 69.6 Å². The van der Waals surface area contributed by atoms with Gasteiger partial charge in [0, 0.05) is 22.8 Å². The molecule has 4 aromatic rings. The van der Waals surface area contributed by atoms with Crippen molar-refractivity contribution in [2.45, 2.75) is 37.6 Å². The summed E-state index contributed by atoms with van der Waals surface area (Å²) >= 11 is 1.43. The first-order valence-electron chi connectivity index (χ1n) is 9.21. The quantitative estimate of drug-likeness (QED) is 0.391. The molecule has 0 aliphatic heterocycles. The van der Waals surface area contributed by atoms with Gasteiger partial charge < -0.3 is 9.52 Å². The second kappa shape index (κ2) is 7.71. The summed E-state index contributed by atoms with van der Waals surface area (Å²) in [6.45, 7) is 6.02. The highest BCUT2D eigenvalue weighted by Gasteiger charge is 2.14. The van der Waals surface area contributed by atoms with Gasteiger partial charge in [-0.15, -0.1) is 5.10 Å². The lowest BCUT2D eigenvalue weighted by Crippen LogP contribution is -2.02. The van der Waals surface area contributed by atoms with Crippen LogP contribution in [0.25, 0.3) is 16.7 Å². The van der Waals surface area contributed by atoms with Crippen molar-refractivity contribution in [2.24, 2.45) is 0 Å². The number of hydrogen-bond donors (Lipinski definition) is 1. The number of aromatic hydroxyl groups is 1. The Morgan fingerprint density at radius 3 is 2.66 bits per heavy atom. The van der Waals surface area contributed by atoms with Crippen LogP contribution in [0.15, 0.2) is 56.8 Å². The van der Waals surface area contributed by atoms with Crippen LogP contribution < -0.4 is 5.63 Å². The number of fused-ring (bicyclic) bond motifs is 1. The lowest BCUT2D eigenvalue weighted by molar-refractivity contribution is 0.468. The first kappa shape index (κ1) is 19.2. The van der Waals surface area contributed by atoms with Gasteiger partial charge in [-0.05, 0) is 58.7 Å². The summed E-state index contributed by atoms with van der Waals surface area (Å²) in [5.74, 6) is 1.03. The van der Waals surface area contributed by atoms with E-state index in [9.17, 15) is 9.90 Å². The van der Waals surface area contributed by atoms with E-state index in [1.807, 2.05) is 12.1 Å². The van der Waals surface area contributed by atoms with Crippen LogP contribution in [-0.2, 0) is 5.75 Å². The van der Waals surface area contributed by atoms with Crippen molar-refractivity contribution in [3.8, 4) is 11.4 Å². The standard InChI is InChI=1S/C21H20N4O3S/c1-12(2)14-4-6-16(7-5-14)25-21(22-23-24-25)29-11-15-10-19(27)28-20-13(3)18(26)9-8-17(15)20/h4-10,12,26H,11H2,1-3H3. The largest absolute Gasteiger partial charge is 0.508 e. The molecule has 0 spiro atoms. The summed E-state index contributed by atoms with van der Waals surface area (Å²) in [5, 5.41) is 23.3. The summed E-state index contributed by atoms with van der Waals surface area (Å²) in [6, 6.07) is 13.0. The summed E-state index contributed by atoms with van der Waals surface area (Å²) in [4.78, 5) is 12.0. The van der Waals surface area contributed by atoms with Crippen molar-refractivity contribution in [2.75, 3.05) is 0 Å². The Kier molecular flexibility index (Phi) is 5.10. The molecule has 2 aromatic carbocycles. The van der Waals surface area contributed by atoms with Crippen molar-refractivity contribution >= 4 is 22.7 Å². The van der Waals surface area contributed by atoms with Gasteiger partial charge in [0.25, 0.3) is 0 Å². The highest BCUT2D eigenvalue weighted by atomic mass is 32.2. The minimum absolute atomic E-state index is 0.0965. The number of aromatic nitrogens is 4. The van der Waals surface area contributed by atoms with E-state index in [4.69, 9.17) is 4.42 Å². The minimum atomic E-state index is -0.453. The molecule has 0 aliphatic rings. The normalized spacial score (nSPS) is 11.4. The maximum Gasteiger partial charge on any atom is 0.336 e. The number of benzene rings is 2. The molecule has 8 heteroatoms. The Morgan fingerprint density at radius 1 is 1.17 bits per heavy atom. The fraction of sp³-hybridized carbons (Fsp3) is 0.238. The predicted octanol–water partition coefficient (Wildman–Crippen LogP) is 4.20. The Hall–Kier alpha value is -3.13. The fourth-order valence-electron chi connectivity index (χ4n) is 3.11. The number of rotatable bonds is 5. The third kappa shape index (κ3) is 3.75. The van der Waals surface area contributed by atoms with Gasteiger partial charge in [-0.2, -0.15) is 4.68 Å². The van der Waals surface area contributed by atoms with Crippen LogP contribution in [0.5, 0.6) is 5.75 Å². The zero-order chi connectivity index (χ0) is 20.5.